The maximum Gasteiger partial charge on any atom is 0.325 e. The van der Waals surface area contributed by atoms with Gasteiger partial charge in [0.1, 0.15) is 16.4 Å². The molecule has 0 atom stereocenters. The third kappa shape index (κ3) is 5.00. The van der Waals surface area contributed by atoms with Crippen LogP contribution in [0.3, 0.4) is 0 Å². The van der Waals surface area contributed by atoms with E-state index in [2.05, 4.69) is 15.5 Å². The zero-order valence-electron chi connectivity index (χ0n) is 9.81. The molecule has 18 heavy (non-hydrogen) atoms. The minimum Gasteiger partial charge on any atom is -0.480 e. The largest absolute Gasteiger partial charge is 0.480 e. The summed E-state index contributed by atoms with van der Waals surface area (Å²) < 4.78 is 23.6. The third-order valence-electron chi connectivity index (χ3n) is 2.05. The van der Waals surface area contributed by atoms with Crippen molar-refractivity contribution in [2.24, 2.45) is 0 Å². The topological polar surface area (TPSA) is 115 Å². The van der Waals surface area contributed by atoms with Crippen molar-refractivity contribution in [3.8, 4) is 0 Å². The van der Waals surface area contributed by atoms with Gasteiger partial charge in [0, 0.05) is 11.5 Å². The normalized spacial score (nSPS) is 11.6. The molecule has 0 spiro atoms. The van der Waals surface area contributed by atoms with E-state index in [1.807, 2.05) is 0 Å². The molecule has 1 heterocycles. The van der Waals surface area contributed by atoms with Crippen LogP contribution in [0, 0.1) is 0 Å². The monoisotopic (exact) mass is 294 g/mol. The van der Waals surface area contributed by atoms with Crippen LogP contribution in [0.2, 0.25) is 0 Å². The number of nitrogens with zero attached hydrogens (tertiary/aromatic N) is 4. The Morgan fingerprint density at radius 2 is 2.22 bits per heavy atom. The van der Waals surface area contributed by atoms with E-state index in [4.69, 9.17) is 5.11 Å². The van der Waals surface area contributed by atoms with Crippen molar-refractivity contribution >= 4 is 27.6 Å². The predicted octanol–water partition coefficient (Wildman–Crippen LogP) is -0.325. The second-order valence-electron chi connectivity index (χ2n) is 3.45. The molecule has 0 aliphatic heterocycles. The quantitative estimate of drug-likeness (QED) is 0.512. The number of carboxylic acid groups (broad SMARTS) is 1. The first kappa shape index (κ1) is 14.9. The number of hydrogen-bond acceptors (Lipinski definition) is 7. The van der Waals surface area contributed by atoms with Crippen LogP contribution in [-0.4, -0.2) is 57.0 Å². The van der Waals surface area contributed by atoms with Gasteiger partial charge in [0.25, 0.3) is 0 Å². The van der Waals surface area contributed by atoms with E-state index in [1.54, 1.807) is 6.92 Å². The Hall–Kier alpha value is -1.16. The molecule has 1 rings (SSSR count). The summed E-state index contributed by atoms with van der Waals surface area (Å²) in [7, 11) is -2.96. The number of carbonyl (C=O) groups is 1. The third-order valence-corrected chi connectivity index (χ3v) is 4.89. The SMILES string of the molecule is CCS(=O)(=O)CCCSc1nnnn1CC(=O)O. The Balaban J connectivity index is 2.40. The molecule has 1 aromatic heterocycles. The van der Waals surface area contributed by atoms with Crippen molar-refractivity contribution in [3.05, 3.63) is 0 Å². The van der Waals surface area contributed by atoms with Crippen LogP contribution in [-0.2, 0) is 21.2 Å². The van der Waals surface area contributed by atoms with Gasteiger partial charge in [-0.2, -0.15) is 0 Å². The van der Waals surface area contributed by atoms with Crippen molar-refractivity contribution in [1.29, 1.82) is 0 Å². The molecule has 0 amide bonds. The fourth-order valence-corrected chi connectivity index (χ4v) is 2.98. The van der Waals surface area contributed by atoms with E-state index >= 15 is 0 Å². The molecular weight excluding hydrogens is 280 g/mol. The second-order valence-corrected chi connectivity index (χ2v) is 6.99. The first-order chi connectivity index (χ1) is 8.44. The predicted molar refractivity (Wildman–Crippen MR) is 65.1 cm³/mol. The summed E-state index contributed by atoms with van der Waals surface area (Å²) in [6, 6.07) is 0. The van der Waals surface area contributed by atoms with Gasteiger partial charge in [0.15, 0.2) is 0 Å². The van der Waals surface area contributed by atoms with Gasteiger partial charge in [-0.25, -0.2) is 13.1 Å². The van der Waals surface area contributed by atoms with Crippen LogP contribution < -0.4 is 0 Å². The summed E-state index contributed by atoms with van der Waals surface area (Å²) in [5, 5.41) is 19.6. The Bertz CT molecular complexity index is 499. The van der Waals surface area contributed by atoms with Gasteiger partial charge < -0.3 is 5.11 Å². The molecule has 102 valence electrons. The molecule has 0 aliphatic carbocycles. The van der Waals surface area contributed by atoms with Crippen molar-refractivity contribution < 1.29 is 18.3 Å². The lowest BCUT2D eigenvalue weighted by Gasteiger charge is -2.02. The number of sulfone groups is 1. The molecular formula is C8H14N4O4S2. The molecule has 0 unspecified atom stereocenters. The number of aliphatic carboxylic acids is 1. The van der Waals surface area contributed by atoms with Crippen molar-refractivity contribution in [3.63, 3.8) is 0 Å². The van der Waals surface area contributed by atoms with Crippen LogP contribution in [0.4, 0.5) is 0 Å². The number of rotatable bonds is 8. The fraction of sp³-hybridized carbons (Fsp3) is 0.750. The van der Waals surface area contributed by atoms with Crippen LogP contribution in [0.25, 0.3) is 0 Å². The molecule has 0 saturated carbocycles. The molecule has 0 aliphatic rings. The molecule has 8 nitrogen and oxygen atoms in total. The lowest BCUT2D eigenvalue weighted by molar-refractivity contribution is -0.138. The smallest absolute Gasteiger partial charge is 0.325 e. The summed E-state index contributed by atoms with van der Waals surface area (Å²) in [5.74, 6) is -0.248. The average Bonchev–Trinajstić information content (AvgIpc) is 2.71. The first-order valence-electron chi connectivity index (χ1n) is 5.26. The number of hydrogen-bond donors (Lipinski definition) is 1. The van der Waals surface area contributed by atoms with Crippen LogP contribution in [0.15, 0.2) is 5.16 Å². The molecule has 0 bridgehead atoms. The van der Waals surface area contributed by atoms with E-state index in [1.165, 1.54) is 16.4 Å². The van der Waals surface area contributed by atoms with Crippen LogP contribution in [0.1, 0.15) is 13.3 Å². The van der Waals surface area contributed by atoms with E-state index in [9.17, 15) is 13.2 Å². The van der Waals surface area contributed by atoms with E-state index in [0.717, 1.165) is 0 Å². The van der Waals surface area contributed by atoms with Crippen molar-refractivity contribution in [2.75, 3.05) is 17.3 Å². The highest BCUT2D eigenvalue weighted by molar-refractivity contribution is 7.99. The number of thioether (sulfide) groups is 1. The maximum atomic E-state index is 11.2. The van der Waals surface area contributed by atoms with Gasteiger partial charge in [0.2, 0.25) is 5.16 Å². The summed E-state index contributed by atoms with van der Waals surface area (Å²) in [5.41, 5.74) is 0. The van der Waals surface area contributed by atoms with Crippen LogP contribution in [0.5, 0.6) is 0 Å². The highest BCUT2D eigenvalue weighted by Gasteiger charge is 2.11. The average molecular weight is 294 g/mol. The van der Waals surface area contributed by atoms with Crippen molar-refractivity contribution in [2.45, 2.75) is 25.0 Å². The Labute approximate surface area is 109 Å². The van der Waals surface area contributed by atoms with E-state index in [0.29, 0.717) is 17.3 Å². The second kappa shape index (κ2) is 6.69. The zero-order chi connectivity index (χ0) is 13.6. The maximum absolute atomic E-state index is 11.2. The minimum absolute atomic E-state index is 0.122. The summed E-state index contributed by atoms with van der Waals surface area (Å²) in [6.45, 7) is 1.30. The minimum atomic E-state index is -2.96. The van der Waals surface area contributed by atoms with E-state index in [-0.39, 0.29) is 18.1 Å². The zero-order valence-corrected chi connectivity index (χ0v) is 11.4. The van der Waals surface area contributed by atoms with Gasteiger partial charge in [-0.05, 0) is 16.8 Å². The Kier molecular flexibility index (Phi) is 5.54. The van der Waals surface area contributed by atoms with Gasteiger partial charge in [-0.3, -0.25) is 4.79 Å². The molecule has 0 aromatic carbocycles. The van der Waals surface area contributed by atoms with Gasteiger partial charge >= 0.3 is 5.97 Å². The number of aromatic nitrogens is 4. The van der Waals surface area contributed by atoms with Crippen LogP contribution >= 0.6 is 11.8 Å². The van der Waals surface area contributed by atoms with Gasteiger partial charge in [-0.1, -0.05) is 18.7 Å². The van der Waals surface area contributed by atoms with Crippen molar-refractivity contribution in [1.82, 2.24) is 20.2 Å². The summed E-state index contributed by atoms with van der Waals surface area (Å²) in [6.07, 6.45) is 0.487. The number of carboxylic acids is 1. The summed E-state index contributed by atoms with van der Waals surface area (Å²) in [4.78, 5) is 10.5. The Morgan fingerprint density at radius 3 is 2.83 bits per heavy atom. The van der Waals surface area contributed by atoms with Gasteiger partial charge in [-0.15, -0.1) is 5.10 Å². The highest BCUT2D eigenvalue weighted by Crippen LogP contribution is 2.14. The molecule has 0 saturated heterocycles. The van der Waals surface area contributed by atoms with E-state index < -0.39 is 15.8 Å². The first-order valence-corrected chi connectivity index (χ1v) is 8.06. The molecule has 1 aromatic rings. The highest BCUT2D eigenvalue weighted by atomic mass is 32.2. The standard InChI is InChI=1S/C8H14N4O4S2/c1-2-18(15,16)5-3-4-17-8-9-10-11-12(8)6-7(13)14/h2-6H2,1H3,(H,13,14). The lowest BCUT2D eigenvalue weighted by Crippen LogP contribution is -2.12. The molecule has 0 radical (unpaired) electrons. The molecule has 1 N–H and O–H groups in total. The molecule has 10 heteroatoms. The van der Waals surface area contributed by atoms with Gasteiger partial charge in [0.05, 0.1) is 5.75 Å². The lowest BCUT2D eigenvalue weighted by atomic mass is 10.6. The fourth-order valence-electron chi connectivity index (χ4n) is 1.11. The summed E-state index contributed by atoms with van der Waals surface area (Å²) >= 11 is 1.25. The molecule has 0 fully saturated rings. The Morgan fingerprint density at radius 1 is 1.50 bits per heavy atom. The number of tetrazole rings is 1.